The van der Waals surface area contributed by atoms with E-state index < -0.39 is 0 Å². The summed E-state index contributed by atoms with van der Waals surface area (Å²) in [5.41, 5.74) is 6.95. The van der Waals surface area contributed by atoms with E-state index in [1.54, 1.807) is 12.1 Å². The molecule has 1 N–H and O–H groups in total. The summed E-state index contributed by atoms with van der Waals surface area (Å²) in [6.45, 7) is 4.50. The Hall–Kier alpha value is -3.86. The first-order chi connectivity index (χ1) is 15.5. The lowest BCUT2D eigenvalue weighted by Crippen LogP contribution is -2.38. The van der Waals surface area contributed by atoms with E-state index in [9.17, 15) is 9.18 Å². The van der Waals surface area contributed by atoms with Gasteiger partial charge in [-0.05, 0) is 78.6 Å². The number of benzene rings is 3. The molecule has 0 bridgehead atoms. The number of nitrogens with zero attached hydrogens (tertiary/aromatic N) is 2. The fourth-order valence-electron chi connectivity index (χ4n) is 4.35. The molecule has 0 spiro atoms. The SMILES string of the molecule is Cc1ccc(NC(=O)N2Cc3ccccc3-n3cccc3[C@H]2c2ccc(F)cc2)cc1C. The normalized spacial score (nSPS) is 15.0. The van der Waals surface area contributed by atoms with E-state index >= 15 is 0 Å². The summed E-state index contributed by atoms with van der Waals surface area (Å²) in [6, 6.07) is 23.8. The van der Waals surface area contributed by atoms with Crippen molar-refractivity contribution in [2.75, 3.05) is 5.32 Å². The molecule has 3 aromatic carbocycles. The molecular weight excluding hydrogens is 401 g/mol. The van der Waals surface area contributed by atoms with Gasteiger partial charge in [0, 0.05) is 17.6 Å². The maximum atomic E-state index is 13.7. The molecule has 1 aliphatic heterocycles. The van der Waals surface area contributed by atoms with Gasteiger partial charge < -0.3 is 14.8 Å². The van der Waals surface area contributed by atoms with Crippen molar-refractivity contribution in [1.82, 2.24) is 9.47 Å². The molecule has 0 unspecified atom stereocenters. The molecule has 2 amide bonds. The molecule has 4 nitrogen and oxygen atoms in total. The van der Waals surface area contributed by atoms with E-state index in [1.807, 2.05) is 73.5 Å². The van der Waals surface area contributed by atoms with Gasteiger partial charge in [0.25, 0.3) is 0 Å². The molecule has 0 fully saturated rings. The van der Waals surface area contributed by atoms with E-state index in [1.165, 1.54) is 17.7 Å². The van der Waals surface area contributed by atoms with Gasteiger partial charge in [-0.2, -0.15) is 0 Å². The number of urea groups is 1. The number of carbonyl (C=O) groups excluding carboxylic acids is 1. The Kier molecular flexibility index (Phi) is 5.02. The van der Waals surface area contributed by atoms with Crippen molar-refractivity contribution < 1.29 is 9.18 Å². The maximum absolute atomic E-state index is 13.7. The van der Waals surface area contributed by atoms with Crippen molar-refractivity contribution in [3.05, 3.63) is 119 Å². The van der Waals surface area contributed by atoms with Gasteiger partial charge in [0.2, 0.25) is 0 Å². The average molecular weight is 426 g/mol. The largest absolute Gasteiger partial charge is 0.322 e. The highest BCUT2D eigenvalue weighted by Crippen LogP contribution is 2.37. The van der Waals surface area contributed by atoms with E-state index in [2.05, 4.69) is 16.0 Å². The molecule has 1 aliphatic rings. The zero-order valence-electron chi connectivity index (χ0n) is 18.0. The second kappa shape index (κ2) is 8.00. The fraction of sp³-hybridized carbons (Fsp3) is 0.148. The Morgan fingerprint density at radius 3 is 2.50 bits per heavy atom. The molecule has 5 heteroatoms. The van der Waals surface area contributed by atoms with Gasteiger partial charge >= 0.3 is 6.03 Å². The van der Waals surface area contributed by atoms with Crippen LogP contribution >= 0.6 is 0 Å². The summed E-state index contributed by atoms with van der Waals surface area (Å²) in [5, 5.41) is 3.08. The Morgan fingerprint density at radius 2 is 1.72 bits per heavy atom. The molecule has 32 heavy (non-hydrogen) atoms. The van der Waals surface area contributed by atoms with E-state index in [0.29, 0.717) is 6.54 Å². The van der Waals surface area contributed by atoms with E-state index in [-0.39, 0.29) is 17.9 Å². The van der Waals surface area contributed by atoms with Crippen molar-refractivity contribution in [3.63, 3.8) is 0 Å². The number of fused-ring (bicyclic) bond motifs is 3. The number of aromatic nitrogens is 1. The van der Waals surface area contributed by atoms with Crippen molar-refractivity contribution in [2.45, 2.75) is 26.4 Å². The van der Waals surface area contributed by atoms with Crippen LogP contribution in [0.2, 0.25) is 0 Å². The standard InChI is InChI=1S/C27H24FN3O/c1-18-9-14-23(16-19(18)2)29-27(32)31-17-21-6-3-4-7-24(21)30-15-5-8-25(30)26(31)20-10-12-22(28)13-11-20/h3-16,26H,17H2,1-2H3,(H,29,32)/t26-/m1/s1. The van der Waals surface area contributed by atoms with Crippen LogP contribution in [0.5, 0.6) is 0 Å². The highest BCUT2D eigenvalue weighted by Gasteiger charge is 2.33. The van der Waals surface area contributed by atoms with Crippen LogP contribution < -0.4 is 5.32 Å². The zero-order chi connectivity index (χ0) is 22.2. The van der Waals surface area contributed by atoms with Crippen LogP contribution in [0, 0.1) is 19.7 Å². The predicted octanol–water partition coefficient (Wildman–Crippen LogP) is 6.37. The number of amides is 2. The first kappa shape index (κ1) is 20.1. The van der Waals surface area contributed by atoms with Gasteiger partial charge in [0.05, 0.1) is 18.3 Å². The quantitative estimate of drug-likeness (QED) is 0.398. The van der Waals surface area contributed by atoms with Crippen LogP contribution in [0.15, 0.2) is 85.1 Å². The summed E-state index contributed by atoms with van der Waals surface area (Å²) in [7, 11) is 0. The number of nitrogens with one attached hydrogen (secondary N) is 1. The number of halogens is 1. The number of hydrogen-bond donors (Lipinski definition) is 1. The van der Waals surface area contributed by atoms with Crippen molar-refractivity contribution in [3.8, 4) is 5.69 Å². The highest BCUT2D eigenvalue weighted by molar-refractivity contribution is 5.90. The Bertz CT molecular complexity index is 1290. The smallest absolute Gasteiger partial charge is 0.318 e. The molecule has 1 aromatic heterocycles. The second-order valence-electron chi connectivity index (χ2n) is 8.24. The maximum Gasteiger partial charge on any atom is 0.322 e. The Labute approximate surface area is 186 Å². The van der Waals surface area contributed by atoms with E-state index in [0.717, 1.165) is 33.8 Å². The minimum atomic E-state index is -0.371. The van der Waals surface area contributed by atoms with Crippen LogP contribution in [0.25, 0.3) is 5.69 Å². The second-order valence-corrected chi connectivity index (χ2v) is 8.24. The highest BCUT2D eigenvalue weighted by atomic mass is 19.1. The third-order valence-electron chi connectivity index (χ3n) is 6.17. The molecule has 0 aliphatic carbocycles. The van der Waals surface area contributed by atoms with Crippen LogP contribution in [0.1, 0.15) is 34.0 Å². The lowest BCUT2D eigenvalue weighted by Gasteiger charge is -2.31. The molecule has 160 valence electrons. The monoisotopic (exact) mass is 425 g/mol. The molecule has 1 atom stereocenters. The van der Waals surface area contributed by atoms with Crippen molar-refractivity contribution in [1.29, 1.82) is 0 Å². The zero-order valence-corrected chi connectivity index (χ0v) is 18.0. The van der Waals surface area contributed by atoms with Crippen molar-refractivity contribution in [2.24, 2.45) is 0 Å². The van der Waals surface area contributed by atoms with Gasteiger partial charge in [0.15, 0.2) is 0 Å². The third kappa shape index (κ3) is 3.56. The number of aryl methyl sites for hydroxylation is 2. The Balaban J connectivity index is 1.61. The summed E-state index contributed by atoms with van der Waals surface area (Å²) in [5.74, 6) is -0.299. The molecule has 0 saturated heterocycles. The Morgan fingerprint density at radius 1 is 0.938 bits per heavy atom. The fourth-order valence-corrected chi connectivity index (χ4v) is 4.35. The van der Waals surface area contributed by atoms with Gasteiger partial charge in [-0.3, -0.25) is 0 Å². The number of carbonyl (C=O) groups is 1. The van der Waals surface area contributed by atoms with E-state index in [4.69, 9.17) is 0 Å². The number of hydrogen-bond acceptors (Lipinski definition) is 1. The molecular formula is C27H24FN3O. The summed E-state index contributed by atoms with van der Waals surface area (Å²) >= 11 is 0. The van der Waals surface area contributed by atoms with Crippen LogP contribution in [0.3, 0.4) is 0 Å². The minimum absolute atomic E-state index is 0.202. The molecule has 0 radical (unpaired) electrons. The van der Waals surface area contributed by atoms with Gasteiger partial charge in [0.1, 0.15) is 5.82 Å². The number of anilines is 1. The van der Waals surface area contributed by atoms with Gasteiger partial charge in [-0.15, -0.1) is 0 Å². The average Bonchev–Trinajstić information content (AvgIpc) is 3.21. The van der Waals surface area contributed by atoms with Gasteiger partial charge in [-0.25, -0.2) is 9.18 Å². The molecule has 5 rings (SSSR count). The first-order valence-corrected chi connectivity index (χ1v) is 10.7. The molecule has 0 saturated carbocycles. The van der Waals surface area contributed by atoms with Gasteiger partial charge in [-0.1, -0.05) is 36.4 Å². The minimum Gasteiger partial charge on any atom is -0.318 e. The predicted molar refractivity (Wildman–Crippen MR) is 124 cm³/mol. The number of rotatable bonds is 2. The first-order valence-electron chi connectivity index (χ1n) is 10.7. The lowest BCUT2D eigenvalue weighted by molar-refractivity contribution is 0.194. The summed E-state index contributed by atoms with van der Waals surface area (Å²) in [4.78, 5) is 15.5. The van der Waals surface area contributed by atoms with Crippen LogP contribution in [-0.2, 0) is 6.54 Å². The van der Waals surface area contributed by atoms with Crippen LogP contribution in [0.4, 0.5) is 14.9 Å². The lowest BCUT2D eigenvalue weighted by atomic mass is 10.0. The van der Waals surface area contributed by atoms with Crippen LogP contribution in [-0.4, -0.2) is 15.5 Å². The summed E-state index contributed by atoms with van der Waals surface area (Å²) in [6.07, 6.45) is 2.01. The topological polar surface area (TPSA) is 37.3 Å². The van der Waals surface area contributed by atoms with Crippen molar-refractivity contribution >= 4 is 11.7 Å². The summed E-state index contributed by atoms with van der Waals surface area (Å²) < 4.78 is 15.8. The molecule has 4 aromatic rings. The number of para-hydroxylation sites is 1. The third-order valence-corrected chi connectivity index (χ3v) is 6.17. The molecule has 2 heterocycles.